The molecule has 2 aromatic rings. The number of benzene rings is 2. The molecule has 0 saturated carbocycles. The van der Waals surface area contributed by atoms with Gasteiger partial charge in [0.05, 0.1) is 6.61 Å². The Bertz CT molecular complexity index is 1140. The van der Waals surface area contributed by atoms with Crippen LogP contribution in [0.5, 0.6) is 0 Å². The smallest absolute Gasteiger partial charge is 0.409 e. The van der Waals surface area contributed by atoms with Crippen LogP contribution in [-0.2, 0) is 19.1 Å². The predicted molar refractivity (Wildman–Crippen MR) is 129 cm³/mol. The molecule has 2 heterocycles. The maximum absolute atomic E-state index is 12.9. The fraction of sp³-hybridized carbons (Fsp3) is 0.423. The number of nitrogens with zero attached hydrogens (tertiary/aromatic N) is 2. The topological polar surface area (TPSA) is 122 Å². The monoisotopic (exact) mass is 495 g/mol. The second-order valence-electron chi connectivity index (χ2n) is 8.76. The summed E-state index contributed by atoms with van der Waals surface area (Å²) in [6.45, 7) is 2.69. The summed E-state index contributed by atoms with van der Waals surface area (Å²) in [4.78, 5) is 64.6. The Hall–Kier alpha value is -3.95. The van der Waals surface area contributed by atoms with E-state index in [1.165, 1.54) is 0 Å². The number of carbonyl (C=O) groups is 5. The number of carbonyl (C=O) groups excluding carboxylic acids is 5. The van der Waals surface area contributed by atoms with Crippen LogP contribution in [-0.4, -0.2) is 78.5 Å². The van der Waals surface area contributed by atoms with E-state index in [9.17, 15) is 24.0 Å². The lowest BCUT2D eigenvalue weighted by molar-refractivity contribution is -0.148. The molecule has 0 spiro atoms. The Morgan fingerprint density at radius 1 is 0.972 bits per heavy atom. The maximum Gasteiger partial charge on any atom is 0.409 e. The molecule has 2 aliphatic rings. The second kappa shape index (κ2) is 11.2. The van der Waals surface area contributed by atoms with Crippen LogP contribution in [0.25, 0.3) is 10.8 Å². The van der Waals surface area contributed by atoms with Gasteiger partial charge < -0.3 is 19.7 Å². The van der Waals surface area contributed by atoms with Gasteiger partial charge in [-0.2, -0.15) is 0 Å². The highest BCUT2D eigenvalue weighted by atomic mass is 16.6. The SMILES string of the molecule is CCOC(=O)N1CCC(NC(=O)COC(=O)CCCN2C(=O)c3cccc4cccc(c34)C2=O)CC1. The van der Waals surface area contributed by atoms with E-state index >= 15 is 0 Å². The average molecular weight is 496 g/mol. The molecule has 10 heteroatoms. The number of likely N-dealkylation sites (tertiary alicyclic amines) is 1. The van der Waals surface area contributed by atoms with Gasteiger partial charge in [0, 0.05) is 48.6 Å². The third-order valence-electron chi connectivity index (χ3n) is 6.37. The van der Waals surface area contributed by atoms with Gasteiger partial charge in [0.15, 0.2) is 6.61 Å². The zero-order valence-corrected chi connectivity index (χ0v) is 20.2. The van der Waals surface area contributed by atoms with Crippen molar-refractivity contribution in [2.45, 2.75) is 38.6 Å². The minimum atomic E-state index is -0.582. The molecule has 0 bridgehead atoms. The maximum atomic E-state index is 12.9. The normalized spacial score (nSPS) is 15.7. The first-order valence-corrected chi connectivity index (χ1v) is 12.1. The van der Waals surface area contributed by atoms with Crippen LogP contribution in [0.3, 0.4) is 0 Å². The first-order valence-electron chi connectivity index (χ1n) is 12.1. The highest BCUT2D eigenvalue weighted by molar-refractivity contribution is 6.25. The molecule has 10 nitrogen and oxygen atoms in total. The number of esters is 1. The van der Waals surface area contributed by atoms with Crippen LogP contribution in [0.15, 0.2) is 36.4 Å². The number of piperidine rings is 1. The second-order valence-corrected chi connectivity index (χ2v) is 8.76. The van der Waals surface area contributed by atoms with Crippen molar-refractivity contribution in [1.29, 1.82) is 0 Å². The molecule has 1 saturated heterocycles. The summed E-state index contributed by atoms with van der Waals surface area (Å²) in [6.07, 6.45) is 1.02. The highest BCUT2D eigenvalue weighted by Crippen LogP contribution is 2.30. The van der Waals surface area contributed by atoms with Crippen LogP contribution in [0.2, 0.25) is 0 Å². The molecule has 4 amide bonds. The first-order chi connectivity index (χ1) is 17.4. The summed E-state index contributed by atoms with van der Waals surface area (Å²) in [7, 11) is 0. The number of hydrogen-bond donors (Lipinski definition) is 1. The largest absolute Gasteiger partial charge is 0.456 e. The Morgan fingerprint density at radius 2 is 1.61 bits per heavy atom. The number of imide groups is 1. The van der Waals surface area contributed by atoms with Gasteiger partial charge in [0.2, 0.25) is 0 Å². The van der Waals surface area contributed by atoms with Crippen molar-refractivity contribution in [1.82, 2.24) is 15.1 Å². The van der Waals surface area contributed by atoms with Crippen molar-refractivity contribution >= 4 is 40.6 Å². The molecule has 2 aromatic carbocycles. The zero-order valence-electron chi connectivity index (χ0n) is 20.2. The summed E-state index contributed by atoms with van der Waals surface area (Å²) < 4.78 is 10.0. The van der Waals surface area contributed by atoms with E-state index in [-0.39, 0.29) is 43.3 Å². The van der Waals surface area contributed by atoms with Crippen molar-refractivity contribution in [3.05, 3.63) is 47.5 Å². The van der Waals surface area contributed by atoms with Crippen LogP contribution >= 0.6 is 0 Å². The van der Waals surface area contributed by atoms with Crippen LogP contribution in [0.1, 0.15) is 53.3 Å². The highest BCUT2D eigenvalue weighted by Gasteiger charge is 2.32. The standard InChI is InChI=1S/C26H29N3O7/c1-2-35-26(34)28-14-11-18(12-15-28)27-21(30)16-36-22(31)10-5-13-29-24(32)19-8-3-6-17-7-4-9-20(23(17)19)25(29)33/h3-4,6-9,18H,2,5,10-16H2,1H3,(H,27,30). The van der Waals surface area contributed by atoms with Gasteiger partial charge in [0.1, 0.15) is 0 Å². The third-order valence-corrected chi connectivity index (χ3v) is 6.37. The lowest BCUT2D eigenvalue weighted by atomic mass is 9.94. The molecule has 0 unspecified atom stereocenters. The van der Waals surface area contributed by atoms with Crippen molar-refractivity contribution < 1.29 is 33.4 Å². The van der Waals surface area contributed by atoms with E-state index in [0.29, 0.717) is 49.1 Å². The summed E-state index contributed by atoms with van der Waals surface area (Å²) in [5.74, 6) is -1.76. The van der Waals surface area contributed by atoms with Crippen LogP contribution < -0.4 is 5.32 Å². The summed E-state index contributed by atoms with van der Waals surface area (Å²) in [6, 6.07) is 10.6. The van der Waals surface area contributed by atoms with E-state index < -0.39 is 18.5 Å². The Morgan fingerprint density at radius 3 is 2.22 bits per heavy atom. The molecule has 0 aromatic heterocycles. The van der Waals surface area contributed by atoms with Crippen molar-refractivity contribution in [2.24, 2.45) is 0 Å². The van der Waals surface area contributed by atoms with Crippen LogP contribution in [0.4, 0.5) is 4.79 Å². The molecule has 2 aliphatic heterocycles. The zero-order chi connectivity index (χ0) is 25.7. The van der Waals surface area contributed by atoms with Gasteiger partial charge in [-0.05, 0) is 43.7 Å². The van der Waals surface area contributed by atoms with Crippen molar-refractivity contribution in [3.8, 4) is 0 Å². The number of rotatable bonds is 8. The average Bonchev–Trinajstić information content (AvgIpc) is 2.88. The Balaban J connectivity index is 1.19. The third kappa shape index (κ3) is 5.48. The minimum absolute atomic E-state index is 0.0336. The molecule has 4 rings (SSSR count). The quantitative estimate of drug-likeness (QED) is 0.441. The van der Waals surface area contributed by atoms with Gasteiger partial charge in [-0.15, -0.1) is 0 Å². The first kappa shape index (κ1) is 25.2. The number of hydrogen-bond acceptors (Lipinski definition) is 7. The predicted octanol–water partition coefficient (Wildman–Crippen LogP) is 2.50. The molecule has 0 aliphatic carbocycles. The van der Waals surface area contributed by atoms with E-state index in [4.69, 9.17) is 9.47 Å². The lowest BCUT2D eigenvalue weighted by Crippen LogP contribution is -2.47. The minimum Gasteiger partial charge on any atom is -0.456 e. The Kier molecular flexibility index (Phi) is 7.82. The summed E-state index contributed by atoms with van der Waals surface area (Å²) >= 11 is 0. The van der Waals surface area contributed by atoms with E-state index in [0.717, 1.165) is 10.3 Å². The molecule has 1 N–H and O–H groups in total. The molecular weight excluding hydrogens is 466 g/mol. The van der Waals surface area contributed by atoms with Gasteiger partial charge in [-0.1, -0.05) is 24.3 Å². The van der Waals surface area contributed by atoms with E-state index in [1.54, 1.807) is 36.1 Å². The molecule has 190 valence electrons. The van der Waals surface area contributed by atoms with Crippen LogP contribution in [0, 0.1) is 0 Å². The molecule has 36 heavy (non-hydrogen) atoms. The molecule has 0 radical (unpaired) electrons. The van der Waals surface area contributed by atoms with Crippen molar-refractivity contribution in [3.63, 3.8) is 0 Å². The molecule has 0 atom stereocenters. The number of ether oxygens (including phenoxy) is 2. The van der Waals surface area contributed by atoms with Gasteiger partial charge in [-0.25, -0.2) is 4.79 Å². The van der Waals surface area contributed by atoms with E-state index in [2.05, 4.69) is 5.32 Å². The van der Waals surface area contributed by atoms with E-state index in [1.807, 2.05) is 12.1 Å². The van der Waals surface area contributed by atoms with Gasteiger partial charge in [0.25, 0.3) is 17.7 Å². The summed E-state index contributed by atoms with van der Waals surface area (Å²) in [5, 5.41) is 4.30. The number of nitrogens with one attached hydrogen (secondary N) is 1. The molecule has 1 fully saturated rings. The fourth-order valence-corrected chi connectivity index (χ4v) is 4.57. The number of amides is 4. The fourth-order valence-electron chi connectivity index (χ4n) is 4.57. The lowest BCUT2D eigenvalue weighted by Gasteiger charge is -2.31. The molecular formula is C26H29N3O7. The van der Waals surface area contributed by atoms with Gasteiger partial charge >= 0.3 is 12.1 Å². The van der Waals surface area contributed by atoms with Crippen molar-refractivity contribution in [2.75, 3.05) is 32.8 Å². The van der Waals surface area contributed by atoms with Gasteiger partial charge in [-0.3, -0.25) is 24.1 Å². The summed E-state index contributed by atoms with van der Waals surface area (Å²) in [5.41, 5.74) is 0.935. The Labute approximate surface area is 208 Å².